The van der Waals surface area contributed by atoms with Crippen LogP contribution in [0.4, 0.5) is 15.9 Å². The quantitative estimate of drug-likeness (QED) is 0.598. The number of hydrogen-bond acceptors (Lipinski definition) is 6. The molecule has 1 aliphatic carbocycles. The lowest BCUT2D eigenvalue weighted by Crippen LogP contribution is -2.42. The van der Waals surface area contributed by atoms with Crippen molar-refractivity contribution in [3.63, 3.8) is 0 Å². The molecule has 7 nitrogen and oxygen atoms in total. The number of sulfonamides is 1. The summed E-state index contributed by atoms with van der Waals surface area (Å²) in [5, 5.41) is 11.7. The molecule has 1 saturated carbocycles. The highest BCUT2D eigenvalue weighted by Crippen LogP contribution is 2.43. The van der Waals surface area contributed by atoms with Gasteiger partial charge in [0.25, 0.3) is 0 Å². The third-order valence-electron chi connectivity index (χ3n) is 5.33. The molecule has 0 amide bonds. The van der Waals surface area contributed by atoms with Gasteiger partial charge in [-0.2, -0.15) is 0 Å². The van der Waals surface area contributed by atoms with Gasteiger partial charge in [-0.1, -0.05) is 18.6 Å². The summed E-state index contributed by atoms with van der Waals surface area (Å²) in [6.07, 6.45) is 5.55. The van der Waals surface area contributed by atoms with Gasteiger partial charge in [0.2, 0.25) is 10.0 Å². The van der Waals surface area contributed by atoms with Gasteiger partial charge in [-0.05, 0) is 49.2 Å². The number of rotatable bonds is 7. The van der Waals surface area contributed by atoms with Gasteiger partial charge in [-0.25, -0.2) is 12.8 Å². The fraction of sp³-hybridized carbons (Fsp3) is 0.286. The predicted octanol–water partition coefficient (Wildman–Crippen LogP) is 3.58. The molecular formula is C21H22FN5O2S. The third kappa shape index (κ3) is 4.40. The first-order chi connectivity index (χ1) is 14.3. The van der Waals surface area contributed by atoms with Crippen molar-refractivity contribution in [3.8, 4) is 11.3 Å². The molecule has 0 unspecified atom stereocenters. The Morgan fingerprint density at radius 3 is 2.40 bits per heavy atom. The topological polar surface area (TPSA) is 96.9 Å². The predicted molar refractivity (Wildman–Crippen MR) is 114 cm³/mol. The van der Waals surface area contributed by atoms with Gasteiger partial charge in [-0.15, -0.1) is 10.2 Å². The minimum absolute atomic E-state index is 0.269. The average Bonchev–Trinajstić information content (AvgIpc) is 2.68. The summed E-state index contributed by atoms with van der Waals surface area (Å²) < 4.78 is 39.2. The van der Waals surface area contributed by atoms with E-state index >= 15 is 0 Å². The van der Waals surface area contributed by atoms with Crippen molar-refractivity contribution >= 4 is 21.5 Å². The highest BCUT2D eigenvalue weighted by atomic mass is 32.2. The lowest BCUT2D eigenvalue weighted by molar-refractivity contribution is 0.243. The first-order valence-electron chi connectivity index (χ1n) is 9.62. The zero-order valence-corrected chi connectivity index (χ0v) is 17.3. The van der Waals surface area contributed by atoms with E-state index in [0.29, 0.717) is 29.4 Å². The number of anilines is 2. The van der Waals surface area contributed by atoms with Crippen LogP contribution >= 0.6 is 0 Å². The maximum absolute atomic E-state index is 14.2. The van der Waals surface area contributed by atoms with Crippen LogP contribution in [-0.4, -0.2) is 36.4 Å². The Labute approximate surface area is 174 Å². The second-order valence-corrected chi connectivity index (χ2v) is 9.33. The summed E-state index contributed by atoms with van der Waals surface area (Å²) >= 11 is 0. The molecule has 0 atom stereocenters. The Morgan fingerprint density at radius 2 is 1.83 bits per heavy atom. The van der Waals surface area contributed by atoms with Gasteiger partial charge in [0.1, 0.15) is 11.6 Å². The Kier molecular flexibility index (Phi) is 5.38. The van der Waals surface area contributed by atoms with Crippen LogP contribution in [0.3, 0.4) is 0 Å². The molecule has 3 aromatic rings. The standard InChI is InChI=1S/C21H22FN5O2S/c1-30(28,29)27-16-7-5-15(6-8-16)18-9-10-19(26-25-18)24-14-21(11-3-12-21)20-17(22)4-2-13-23-20/h2,4-10,13,27H,3,11-12,14H2,1H3,(H,24,26). The van der Waals surface area contributed by atoms with E-state index in [9.17, 15) is 12.8 Å². The Bertz CT molecular complexity index is 1130. The molecule has 156 valence electrons. The second kappa shape index (κ2) is 7.98. The van der Waals surface area contributed by atoms with Crippen LogP contribution in [0, 0.1) is 5.82 Å². The summed E-state index contributed by atoms with van der Waals surface area (Å²) in [6.45, 7) is 0.542. The van der Waals surface area contributed by atoms with Crippen molar-refractivity contribution in [2.24, 2.45) is 0 Å². The van der Waals surface area contributed by atoms with Gasteiger partial charge in [0.05, 0.1) is 17.6 Å². The summed E-state index contributed by atoms with van der Waals surface area (Å²) in [5.74, 6) is 0.339. The molecule has 1 aromatic carbocycles. The zero-order chi connectivity index (χ0) is 21.2. The average molecular weight is 428 g/mol. The monoisotopic (exact) mass is 427 g/mol. The normalized spacial score (nSPS) is 15.3. The van der Waals surface area contributed by atoms with Crippen molar-refractivity contribution in [2.45, 2.75) is 24.7 Å². The van der Waals surface area contributed by atoms with Crippen LogP contribution in [0.15, 0.2) is 54.7 Å². The first kappa shape index (κ1) is 20.2. The number of aromatic nitrogens is 3. The maximum atomic E-state index is 14.2. The van der Waals surface area contributed by atoms with Crippen molar-refractivity contribution in [2.75, 3.05) is 22.8 Å². The van der Waals surface area contributed by atoms with E-state index in [1.807, 2.05) is 12.1 Å². The van der Waals surface area contributed by atoms with Gasteiger partial charge in [-0.3, -0.25) is 9.71 Å². The van der Waals surface area contributed by atoms with Crippen LogP contribution in [0.2, 0.25) is 0 Å². The Hall–Kier alpha value is -3.07. The van der Waals surface area contributed by atoms with Crippen LogP contribution < -0.4 is 10.0 Å². The summed E-state index contributed by atoms with van der Waals surface area (Å²) in [7, 11) is -3.31. The molecule has 2 N–H and O–H groups in total. The molecule has 0 radical (unpaired) electrons. The highest BCUT2D eigenvalue weighted by Gasteiger charge is 2.41. The molecule has 0 spiro atoms. The van der Waals surface area contributed by atoms with E-state index in [2.05, 4.69) is 25.2 Å². The molecule has 1 fully saturated rings. The smallest absolute Gasteiger partial charge is 0.229 e. The SMILES string of the molecule is CS(=O)(=O)Nc1ccc(-c2ccc(NCC3(c4ncccc4F)CCC3)nn2)cc1. The summed E-state index contributed by atoms with van der Waals surface area (Å²) in [5.41, 5.74) is 2.17. The number of nitrogens with one attached hydrogen (secondary N) is 2. The van der Waals surface area contributed by atoms with Crippen molar-refractivity contribution in [1.82, 2.24) is 15.2 Å². The van der Waals surface area contributed by atoms with E-state index in [1.54, 1.807) is 36.5 Å². The molecule has 0 bridgehead atoms. The lowest BCUT2D eigenvalue weighted by atomic mass is 9.66. The summed E-state index contributed by atoms with van der Waals surface area (Å²) in [4.78, 5) is 4.27. The van der Waals surface area contributed by atoms with Crippen LogP contribution in [0.25, 0.3) is 11.3 Å². The van der Waals surface area contributed by atoms with E-state index in [4.69, 9.17) is 0 Å². The molecule has 9 heteroatoms. The number of halogens is 1. The van der Waals surface area contributed by atoms with Crippen LogP contribution in [0.5, 0.6) is 0 Å². The third-order valence-corrected chi connectivity index (χ3v) is 5.93. The molecule has 2 heterocycles. The lowest BCUT2D eigenvalue weighted by Gasteiger charge is -2.41. The van der Waals surface area contributed by atoms with Gasteiger partial charge < -0.3 is 5.32 Å². The van der Waals surface area contributed by atoms with Gasteiger partial charge >= 0.3 is 0 Å². The fourth-order valence-corrected chi connectivity index (χ4v) is 4.20. The number of nitrogens with zero attached hydrogens (tertiary/aromatic N) is 3. The van der Waals surface area contributed by atoms with Crippen LogP contribution in [-0.2, 0) is 15.4 Å². The van der Waals surface area contributed by atoms with Crippen molar-refractivity contribution < 1.29 is 12.8 Å². The largest absolute Gasteiger partial charge is 0.368 e. The molecular weight excluding hydrogens is 405 g/mol. The first-order valence-corrected chi connectivity index (χ1v) is 11.5. The molecule has 30 heavy (non-hydrogen) atoms. The minimum atomic E-state index is -3.31. The summed E-state index contributed by atoms with van der Waals surface area (Å²) in [6, 6.07) is 13.6. The molecule has 2 aromatic heterocycles. The second-order valence-electron chi connectivity index (χ2n) is 7.58. The van der Waals surface area contributed by atoms with Crippen LogP contribution in [0.1, 0.15) is 25.0 Å². The highest BCUT2D eigenvalue weighted by molar-refractivity contribution is 7.92. The Balaban J connectivity index is 1.43. The van der Waals surface area contributed by atoms with E-state index in [1.165, 1.54) is 6.07 Å². The fourth-order valence-electron chi connectivity index (χ4n) is 3.64. The number of pyridine rings is 1. The van der Waals surface area contributed by atoms with E-state index < -0.39 is 10.0 Å². The van der Waals surface area contributed by atoms with Gasteiger partial charge in [0, 0.05) is 29.4 Å². The molecule has 1 aliphatic rings. The molecule has 4 rings (SSSR count). The Morgan fingerprint density at radius 1 is 1.07 bits per heavy atom. The maximum Gasteiger partial charge on any atom is 0.229 e. The molecule has 0 aliphatic heterocycles. The van der Waals surface area contributed by atoms with E-state index in [-0.39, 0.29) is 11.2 Å². The van der Waals surface area contributed by atoms with Crippen molar-refractivity contribution in [3.05, 3.63) is 66.2 Å². The van der Waals surface area contributed by atoms with E-state index in [0.717, 1.165) is 31.1 Å². The molecule has 0 saturated heterocycles. The zero-order valence-electron chi connectivity index (χ0n) is 16.5. The van der Waals surface area contributed by atoms with Crippen molar-refractivity contribution in [1.29, 1.82) is 0 Å². The number of hydrogen-bond donors (Lipinski definition) is 2. The number of benzene rings is 1. The van der Waals surface area contributed by atoms with Gasteiger partial charge in [0.15, 0.2) is 0 Å². The minimum Gasteiger partial charge on any atom is -0.368 e.